The highest BCUT2D eigenvalue weighted by atomic mass is 15.3. The average Bonchev–Trinajstić information content (AvgIpc) is 2.65. The predicted molar refractivity (Wildman–Crippen MR) is 113 cm³/mol. The number of nitrogens with zero attached hydrogens (tertiary/aromatic N) is 5. The molecule has 0 aromatic rings. The van der Waals surface area contributed by atoms with Crippen molar-refractivity contribution in [2.24, 2.45) is 17.8 Å². The van der Waals surface area contributed by atoms with E-state index >= 15 is 0 Å². The van der Waals surface area contributed by atoms with Gasteiger partial charge in [-0.05, 0) is 90.1 Å². The normalized spacial score (nSPS) is 30.0. The highest BCUT2D eigenvalue weighted by Crippen LogP contribution is 2.29. The summed E-state index contributed by atoms with van der Waals surface area (Å²) >= 11 is 0. The summed E-state index contributed by atoms with van der Waals surface area (Å²) in [5.74, 6) is 2.95. The number of likely N-dealkylation sites (tertiary alicyclic amines) is 3. The Balaban J connectivity index is 1.06. The van der Waals surface area contributed by atoms with Crippen LogP contribution in [0, 0.1) is 17.8 Å². The Morgan fingerprint density at radius 3 is 1.81 bits per heavy atom. The summed E-state index contributed by atoms with van der Waals surface area (Å²) in [4.78, 5) is 13.1. The Kier molecular flexibility index (Phi) is 7.09. The first kappa shape index (κ1) is 20.1. The number of hydrogen-bond donors (Lipinski definition) is 0. The first-order chi connectivity index (χ1) is 13.1. The van der Waals surface area contributed by atoms with Crippen molar-refractivity contribution >= 4 is 0 Å². The fourth-order valence-electron chi connectivity index (χ4n) is 5.70. The van der Waals surface area contributed by atoms with Crippen LogP contribution >= 0.6 is 0 Å². The van der Waals surface area contributed by atoms with E-state index in [1.54, 1.807) is 0 Å². The average molecular weight is 378 g/mol. The van der Waals surface area contributed by atoms with Crippen molar-refractivity contribution in [3.63, 3.8) is 0 Å². The zero-order valence-electron chi connectivity index (χ0n) is 18.0. The summed E-state index contributed by atoms with van der Waals surface area (Å²) < 4.78 is 0. The second-order valence-electron chi connectivity index (χ2n) is 10.2. The van der Waals surface area contributed by atoms with Gasteiger partial charge in [-0.2, -0.15) is 0 Å². The van der Waals surface area contributed by atoms with Crippen LogP contribution in [-0.4, -0.2) is 117 Å². The molecule has 4 fully saturated rings. The molecule has 0 saturated carbocycles. The number of rotatable bonds is 6. The van der Waals surface area contributed by atoms with Crippen LogP contribution in [0.25, 0.3) is 0 Å². The molecule has 27 heavy (non-hydrogen) atoms. The molecule has 0 radical (unpaired) electrons. The number of likely N-dealkylation sites (N-methyl/N-ethyl adjacent to an activating group) is 1. The van der Waals surface area contributed by atoms with Gasteiger partial charge >= 0.3 is 0 Å². The van der Waals surface area contributed by atoms with Gasteiger partial charge in [0.15, 0.2) is 0 Å². The van der Waals surface area contributed by atoms with E-state index in [9.17, 15) is 0 Å². The van der Waals surface area contributed by atoms with Crippen LogP contribution in [0.4, 0.5) is 0 Å². The number of hydrogen-bond acceptors (Lipinski definition) is 5. The van der Waals surface area contributed by atoms with Gasteiger partial charge in [-0.1, -0.05) is 0 Å². The van der Waals surface area contributed by atoms with Gasteiger partial charge in [0.1, 0.15) is 0 Å². The van der Waals surface area contributed by atoms with Gasteiger partial charge in [-0.3, -0.25) is 9.80 Å². The molecular weight excluding hydrogens is 334 g/mol. The zero-order valence-corrected chi connectivity index (χ0v) is 18.0. The van der Waals surface area contributed by atoms with E-state index in [1.165, 1.54) is 111 Å². The van der Waals surface area contributed by atoms with Crippen LogP contribution in [0.1, 0.15) is 32.1 Å². The molecule has 4 rings (SSSR count). The standard InChI is InChI=1S/C22H43N5/c1-23-7-3-20(4-8-23)15-22-17-27(18-22)19-26-9-5-21(6-10-26)16-25-13-11-24(2)12-14-25/h20-22H,3-19H2,1-2H3. The lowest BCUT2D eigenvalue weighted by Gasteiger charge is -2.45. The molecular formula is C22H43N5. The van der Waals surface area contributed by atoms with Crippen molar-refractivity contribution < 1.29 is 0 Å². The molecule has 5 nitrogen and oxygen atoms in total. The molecule has 4 aliphatic heterocycles. The molecule has 0 spiro atoms. The Bertz CT molecular complexity index is 428. The number of piperidine rings is 2. The molecule has 5 heteroatoms. The maximum absolute atomic E-state index is 2.73. The van der Waals surface area contributed by atoms with E-state index in [-0.39, 0.29) is 0 Å². The van der Waals surface area contributed by atoms with Gasteiger partial charge in [-0.15, -0.1) is 0 Å². The maximum Gasteiger partial charge on any atom is 0.0506 e. The topological polar surface area (TPSA) is 16.2 Å². The van der Waals surface area contributed by atoms with Crippen LogP contribution < -0.4 is 0 Å². The van der Waals surface area contributed by atoms with Gasteiger partial charge < -0.3 is 14.7 Å². The monoisotopic (exact) mass is 377 g/mol. The van der Waals surface area contributed by atoms with Crippen molar-refractivity contribution in [2.45, 2.75) is 32.1 Å². The summed E-state index contributed by atoms with van der Waals surface area (Å²) in [6.45, 7) is 15.7. The lowest BCUT2D eigenvalue weighted by Crippen LogP contribution is -2.54. The summed E-state index contributed by atoms with van der Waals surface area (Å²) in [5, 5.41) is 0. The fourth-order valence-corrected chi connectivity index (χ4v) is 5.70. The molecule has 0 aliphatic carbocycles. The Hall–Kier alpha value is -0.200. The van der Waals surface area contributed by atoms with Crippen molar-refractivity contribution in [1.82, 2.24) is 24.5 Å². The van der Waals surface area contributed by atoms with E-state index in [0.29, 0.717) is 0 Å². The molecule has 0 N–H and O–H groups in total. The smallest absolute Gasteiger partial charge is 0.0506 e. The molecule has 156 valence electrons. The van der Waals surface area contributed by atoms with Gasteiger partial charge in [0.25, 0.3) is 0 Å². The molecule has 0 bridgehead atoms. The summed E-state index contributed by atoms with van der Waals surface area (Å²) in [6.07, 6.45) is 7.21. The van der Waals surface area contributed by atoms with Crippen molar-refractivity contribution in [1.29, 1.82) is 0 Å². The first-order valence-electron chi connectivity index (χ1n) is 11.7. The van der Waals surface area contributed by atoms with E-state index in [2.05, 4.69) is 38.6 Å². The lowest BCUT2D eigenvalue weighted by molar-refractivity contribution is 0.00522. The highest BCUT2D eigenvalue weighted by Gasteiger charge is 2.32. The Labute approximate surface area is 167 Å². The maximum atomic E-state index is 2.73. The molecule has 0 aromatic heterocycles. The third kappa shape index (κ3) is 5.89. The third-order valence-corrected chi connectivity index (χ3v) is 7.76. The van der Waals surface area contributed by atoms with Crippen LogP contribution in [0.3, 0.4) is 0 Å². The van der Waals surface area contributed by atoms with Crippen LogP contribution in [-0.2, 0) is 0 Å². The summed E-state index contributed by atoms with van der Waals surface area (Å²) in [6, 6.07) is 0. The summed E-state index contributed by atoms with van der Waals surface area (Å²) in [7, 11) is 4.53. The van der Waals surface area contributed by atoms with Crippen molar-refractivity contribution in [3.8, 4) is 0 Å². The molecule has 0 atom stereocenters. The quantitative estimate of drug-likeness (QED) is 0.696. The van der Waals surface area contributed by atoms with Crippen molar-refractivity contribution in [3.05, 3.63) is 0 Å². The van der Waals surface area contributed by atoms with Gasteiger partial charge in [0.05, 0.1) is 6.67 Å². The van der Waals surface area contributed by atoms with Crippen LogP contribution in [0.5, 0.6) is 0 Å². The molecule has 4 saturated heterocycles. The molecule has 4 aliphatic rings. The minimum absolute atomic E-state index is 0.943. The van der Waals surface area contributed by atoms with E-state index in [1.807, 2.05) is 0 Å². The number of piperazine rings is 1. The minimum Gasteiger partial charge on any atom is -0.306 e. The molecule has 0 aromatic carbocycles. The zero-order chi connectivity index (χ0) is 18.6. The third-order valence-electron chi connectivity index (χ3n) is 7.76. The Morgan fingerprint density at radius 1 is 0.556 bits per heavy atom. The fraction of sp³-hybridized carbons (Fsp3) is 1.00. The van der Waals surface area contributed by atoms with Gasteiger partial charge in [0, 0.05) is 45.8 Å². The lowest BCUT2D eigenvalue weighted by atomic mass is 9.84. The van der Waals surface area contributed by atoms with E-state index in [0.717, 1.165) is 17.8 Å². The summed E-state index contributed by atoms with van der Waals surface area (Å²) in [5.41, 5.74) is 0. The van der Waals surface area contributed by atoms with E-state index in [4.69, 9.17) is 0 Å². The highest BCUT2D eigenvalue weighted by molar-refractivity contribution is 4.85. The molecule has 0 amide bonds. The minimum atomic E-state index is 0.943. The first-order valence-corrected chi connectivity index (χ1v) is 11.7. The molecule has 0 unspecified atom stereocenters. The Morgan fingerprint density at radius 2 is 1.15 bits per heavy atom. The second-order valence-corrected chi connectivity index (χ2v) is 10.2. The van der Waals surface area contributed by atoms with Crippen LogP contribution in [0.2, 0.25) is 0 Å². The SMILES string of the molecule is CN1CCC(CC2CN(CN3CCC(CN4CCN(C)CC4)CC3)C2)CC1. The van der Waals surface area contributed by atoms with E-state index < -0.39 is 0 Å². The second kappa shape index (κ2) is 9.53. The van der Waals surface area contributed by atoms with Crippen LogP contribution in [0.15, 0.2) is 0 Å². The largest absolute Gasteiger partial charge is 0.306 e. The van der Waals surface area contributed by atoms with Gasteiger partial charge in [-0.25, -0.2) is 0 Å². The van der Waals surface area contributed by atoms with Gasteiger partial charge in [0.2, 0.25) is 0 Å². The molecule has 4 heterocycles. The predicted octanol–water partition coefficient (Wildman–Crippen LogP) is 1.57. The van der Waals surface area contributed by atoms with Crippen molar-refractivity contribution in [2.75, 3.05) is 92.8 Å².